The van der Waals surface area contributed by atoms with Gasteiger partial charge in [0.1, 0.15) is 11.5 Å². The molecular formula is C10H14N2O2. The summed E-state index contributed by atoms with van der Waals surface area (Å²) >= 11 is 0. The maximum Gasteiger partial charge on any atom is 0.244 e. The van der Waals surface area contributed by atoms with Crippen LogP contribution in [0, 0.1) is 6.92 Å². The van der Waals surface area contributed by atoms with Crippen molar-refractivity contribution in [3.05, 3.63) is 29.5 Å². The predicted octanol–water partition coefficient (Wildman–Crippen LogP) is 1.57. The number of oxazole rings is 1. The number of carbonyl (C=O) groups excluding carboxylic acids is 1. The molecule has 0 aromatic carbocycles. The van der Waals surface area contributed by atoms with Gasteiger partial charge in [-0.05, 0) is 20.8 Å². The Morgan fingerprint density at radius 1 is 1.64 bits per heavy atom. The molecule has 14 heavy (non-hydrogen) atoms. The monoisotopic (exact) mass is 194 g/mol. The zero-order chi connectivity index (χ0) is 10.6. The molecule has 1 aromatic rings. The molecule has 1 heterocycles. The SMILES string of the molecule is CC(C)=CC(=O)NCc1ncoc1C. The summed E-state index contributed by atoms with van der Waals surface area (Å²) in [5.74, 6) is 0.634. The Hall–Kier alpha value is -1.58. The Kier molecular flexibility index (Phi) is 3.45. The van der Waals surface area contributed by atoms with E-state index in [9.17, 15) is 4.79 Å². The molecular weight excluding hydrogens is 180 g/mol. The number of hydrogen-bond acceptors (Lipinski definition) is 3. The molecule has 0 atom stereocenters. The van der Waals surface area contributed by atoms with Crippen LogP contribution in [-0.4, -0.2) is 10.9 Å². The second kappa shape index (κ2) is 4.60. The van der Waals surface area contributed by atoms with Gasteiger partial charge in [-0.25, -0.2) is 4.98 Å². The molecule has 0 saturated carbocycles. The largest absolute Gasteiger partial charge is 0.448 e. The van der Waals surface area contributed by atoms with Crippen molar-refractivity contribution < 1.29 is 9.21 Å². The quantitative estimate of drug-likeness (QED) is 0.743. The molecule has 0 aliphatic carbocycles. The zero-order valence-electron chi connectivity index (χ0n) is 8.63. The first-order chi connectivity index (χ1) is 6.59. The summed E-state index contributed by atoms with van der Waals surface area (Å²) in [5, 5.41) is 2.72. The maximum absolute atomic E-state index is 11.2. The van der Waals surface area contributed by atoms with E-state index in [2.05, 4.69) is 10.3 Å². The van der Waals surface area contributed by atoms with Gasteiger partial charge >= 0.3 is 0 Å². The predicted molar refractivity (Wildman–Crippen MR) is 52.5 cm³/mol. The molecule has 0 fully saturated rings. The molecule has 0 aliphatic rings. The normalized spacial score (nSPS) is 9.64. The molecule has 0 saturated heterocycles. The third kappa shape index (κ3) is 3.05. The average molecular weight is 194 g/mol. The van der Waals surface area contributed by atoms with Gasteiger partial charge < -0.3 is 9.73 Å². The molecule has 4 nitrogen and oxygen atoms in total. The lowest BCUT2D eigenvalue weighted by molar-refractivity contribution is -0.116. The highest BCUT2D eigenvalue weighted by Gasteiger charge is 2.03. The van der Waals surface area contributed by atoms with E-state index in [1.54, 1.807) is 6.08 Å². The van der Waals surface area contributed by atoms with Crippen LogP contribution in [0.2, 0.25) is 0 Å². The van der Waals surface area contributed by atoms with E-state index < -0.39 is 0 Å². The number of hydrogen-bond donors (Lipinski definition) is 1. The van der Waals surface area contributed by atoms with Crippen LogP contribution in [-0.2, 0) is 11.3 Å². The van der Waals surface area contributed by atoms with Crippen LogP contribution >= 0.6 is 0 Å². The van der Waals surface area contributed by atoms with Crippen LogP contribution in [0.1, 0.15) is 25.3 Å². The third-order valence-electron chi connectivity index (χ3n) is 1.69. The summed E-state index contributed by atoms with van der Waals surface area (Å²) in [6.07, 6.45) is 2.92. The summed E-state index contributed by atoms with van der Waals surface area (Å²) in [6, 6.07) is 0. The molecule has 4 heteroatoms. The van der Waals surface area contributed by atoms with Crippen LogP contribution < -0.4 is 5.32 Å². The van der Waals surface area contributed by atoms with Crippen molar-refractivity contribution in [1.82, 2.24) is 10.3 Å². The van der Waals surface area contributed by atoms with Gasteiger partial charge in [0.05, 0.1) is 6.54 Å². The van der Waals surface area contributed by atoms with Crippen LogP contribution in [0.5, 0.6) is 0 Å². The number of nitrogens with one attached hydrogen (secondary N) is 1. The van der Waals surface area contributed by atoms with Gasteiger partial charge in [0, 0.05) is 6.08 Å². The van der Waals surface area contributed by atoms with E-state index in [4.69, 9.17) is 4.42 Å². The Morgan fingerprint density at radius 2 is 2.36 bits per heavy atom. The molecule has 1 aromatic heterocycles. The van der Waals surface area contributed by atoms with E-state index >= 15 is 0 Å². The molecule has 0 unspecified atom stereocenters. The first-order valence-electron chi connectivity index (χ1n) is 4.41. The van der Waals surface area contributed by atoms with Gasteiger partial charge in [-0.3, -0.25) is 4.79 Å². The lowest BCUT2D eigenvalue weighted by Crippen LogP contribution is -2.21. The number of carbonyl (C=O) groups is 1. The van der Waals surface area contributed by atoms with Crippen molar-refractivity contribution in [1.29, 1.82) is 0 Å². The lowest BCUT2D eigenvalue weighted by atomic mass is 10.3. The van der Waals surface area contributed by atoms with Crippen molar-refractivity contribution in [3.8, 4) is 0 Å². The number of rotatable bonds is 3. The van der Waals surface area contributed by atoms with E-state index in [0.29, 0.717) is 6.54 Å². The smallest absolute Gasteiger partial charge is 0.244 e. The lowest BCUT2D eigenvalue weighted by Gasteiger charge is -1.99. The number of aromatic nitrogens is 1. The molecule has 76 valence electrons. The van der Waals surface area contributed by atoms with Crippen molar-refractivity contribution in [2.45, 2.75) is 27.3 Å². The van der Waals surface area contributed by atoms with Gasteiger partial charge in [0.25, 0.3) is 0 Å². The molecule has 0 aliphatic heterocycles. The van der Waals surface area contributed by atoms with Crippen molar-refractivity contribution in [2.75, 3.05) is 0 Å². The first kappa shape index (κ1) is 10.5. The molecule has 1 rings (SSSR count). The molecule has 1 amide bonds. The Bertz CT molecular complexity index is 349. The minimum absolute atomic E-state index is 0.104. The van der Waals surface area contributed by atoms with Gasteiger partial charge in [-0.15, -0.1) is 0 Å². The third-order valence-corrected chi connectivity index (χ3v) is 1.69. The summed E-state index contributed by atoms with van der Waals surface area (Å²) in [6.45, 7) is 5.97. The summed E-state index contributed by atoms with van der Waals surface area (Å²) in [4.78, 5) is 15.2. The molecule has 0 spiro atoms. The molecule has 0 bridgehead atoms. The van der Waals surface area contributed by atoms with E-state index in [1.807, 2.05) is 20.8 Å². The minimum atomic E-state index is -0.104. The van der Waals surface area contributed by atoms with Gasteiger partial charge in [0.2, 0.25) is 5.91 Å². The number of aryl methyl sites for hydroxylation is 1. The first-order valence-corrected chi connectivity index (χ1v) is 4.41. The summed E-state index contributed by atoms with van der Waals surface area (Å²) in [7, 11) is 0. The number of nitrogens with zero attached hydrogens (tertiary/aromatic N) is 1. The fraction of sp³-hybridized carbons (Fsp3) is 0.400. The second-order valence-electron chi connectivity index (χ2n) is 3.29. The van der Waals surface area contributed by atoms with Gasteiger partial charge in [-0.2, -0.15) is 0 Å². The van der Waals surface area contributed by atoms with Crippen LogP contribution in [0.3, 0.4) is 0 Å². The zero-order valence-corrected chi connectivity index (χ0v) is 8.63. The Morgan fingerprint density at radius 3 is 2.86 bits per heavy atom. The average Bonchev–Trinajstić information content (AvgIpc) is 2.46. The second-order valence-corrected chi connectivity index (χ2v) is 3.29. The molecule has 0 radical (unpaired) electrons. The molecule has 1 N–H and O–H groups in total. The van der Waals surface area contributed by atoms with E-state index in [-0.39, 0.29) is 5.91 Å². The van der Waals surface area contributed by atoms with E-state index in [1.165, 1.54) is 6.39 Å². The summed E-state index contributed by atoms with van der Waals surface area (Å²) < 4.78 is 5.00. The van der Waals surface area contributed by atoms with Crippen molar-refractivity contribution >= 4 is 5.91 Å². The highest BCUT2D eigenvalue weighted by Crippen LogP contribution is 2.03. The fourth-order valence-electron chi connectivity index (χ4n) is 0.982. The van der Waals surface area contributed by atoms with Gasteiger partial charge in [0.15, 0.2) is 6.39 Å². The topological polar surface area (TPSA) is 55.1 Å². The number of allylic oxidation sites excluding steroid dienone is 1. The number of amides is 1. The van der Waals surface area contributed by atoms with Crippen LogP contribution in [0.25, 0.3) is 0 Å². The standard InChI is InChI=1S/C10H14N2O2/c1-7(2)4-10(13)11-5-9-8(3)14-6-12-9/h4,6H,5H2,1-3H3,(H,11,13). The maximum atomic E-state index is 11.2. The fourth-order valence-corrected chi connectivity index (χ4v) is 0.982. The van der Waals surface area contributed by atoms with Crippen molar-refractivity contribution in [2.24, 2.45) is 0 Å². The minimum Gasteiger partial charge on any atom is -0.448 e. The highest BCUT2D eigenvalue weighted by atomic mass is 16.3. The van der Waals surface area contributed by atoms with Gasteiger partial charge in [-0.1, -0.05) is 5.57 Å². The van der Waals surface area contributed by atoms with Crippen LogP contribution in [0.15, 0.2) is 22.5 Å². The highest BCUT2D eigenvalue weighted by molar-refractivity contribution is 5.87. The van der Waals surface area contributed by atoms with Crippen molar-refractivity contribution in [3.63, 3.8) is 0 Å². The Labute approximate surface area is 83.0 Å². The Balaban J connectivity index is 2.46. The van der Waals surface area contributed by atoms with E-state index in [0.717, 1.165) is 17.0 Å². The summed E-state index contributed by atoms with van der Waals surface area (Å²) in [5.41, 5.74) is 1.74. The van der Waals surface area contributed by atoms with Crippen LogP contribution in [0.4, 0.5) is 0 Å².